The van der Waals surface area contributed by atoms with E-state index in [1.807, 2.05) is 42.6 Å². The molecule has 0 saturated carbocycles. The Kier molecular flexibility index (Phi) is 6.01. The number of fused-ring (bicyclic) bond motifs is 2. The van der Waals surface area contributed by atoms with Gasteiger partial charge in [0.1, 0.15) is 0 Å². The smallest absolute Gasteiger partial charge is 0.293 e. The van der Waals surface area contributed by atoms with Gasteiger partial charge >= 0.3 is 0 Å². The summed E-state index contributed by atoms with van der Waals surface area (Å²) in [5.74, 6) is -0.455. The standard InChI is InChI=1S/C30H21N3O4S/c34-29-28(38-30(35)32(29)19-22-9-2-5-14-26(22)33(36)37)16-23-18-31(27-15-6-4-13-25(23)27)17-21-11-7-10-20-8-1-3-12-24(20)21/h1-16,18H,17,19H2/b28-16-. The van der Waals surface area contributed by atoms with Crippen LogP contribution in [0.2, 0.25) is 0 Å². The Morgan fingerprint density at radius 3 is 2.32 bits per heavy atom. The largest absolute Gasteiger partial charge is 0.342 e. The average Bonchev–Trinajstić information content (AvgIpc) is 3.41. The van der Waals surface area contributed by atoms with Crippen LogP contribution in [0.25, 0.3) is 27.8 Å². The van der Waals surface area contributed by atoms with Gasteiger partial charge in [0.15, 0.2) is 0 Å². The maximum atomic E-state index is 13.2. The lowest BCUT2D eigenvalue weighted by Crippen LogP contribution is -2.27. The fourth-order valence-corrected chi connectivity index (χ4v) is 5.73. The minimum absolute atomic E-state index is 0.118. The molecule has 7 nitrogen and oxygen atoms in total. The molecule has 38 heavy (non-hydrogen) atoms. The van der Waals surface area contributed by atoms with Crippen molar-refractivity contribution in [2.24, 2.45) is 0 Å². The lowest BCUT2D eigenvalue weighted by atomic mass is 10.0. The summed E-state index contributed by atoms with van der Waals surface area (Å²) in [6.07, 6.45) is 3.74. The molecule has 0 bridgehead atoms. The number of para-hydroxylation sites is 2. The number of imide groups is 1. The number of benzene rings is 4. The molecule has 2 heterocycles. The summed E-state index contributed by atoms with van der Waals surface area (Å²) in [5.41, 5.74) is 3.22. The number of carbonyl (C=O) groups excluding carboxylic acids is 2. The molecule has 0 atom stereocenters. The van der Waals surface area contributed by atoms with Crippen molar-refractivity contribution >= 4 is 56.3 Å². The minimum atomic E-state index is -0.505. The average molecular weight is 520 g/mol. The van der Waals surface area contributed by atoms with Crippen LogP contribution < -0.4 is 0 Å². The number of amides is 2. The van der Waals surface area contributed by atoms with Crippen LogP contribution in [0.4, 0.5) is 10.5 Å². The van der Waals surface area contributed by atoms with E-state index in [4.69, 9.17) is 0 Å². The summed E-state index contributed by atoms with van der Waals surface area (Å²) >= 11 is 0.853. The molecule has 0 N–H and O–H groups in total. The van der Waals surface area contributed by atoms with Gasteiger partial charge in [-0.05, 0) is 40.2 Å². The van der Waals surface area contributed by atoms with Crippen LogP contribution in [0.15, 0.2) is 102 Å². The van der Waals surface area contributed by atoms with E-state index in [2.05, 4.69) is 34.9 Å². The van der Waals surface area contributed by atoms with E-state index < -0.39 is 16.1 Å². The van der Waals surface area contributed by atoms with Crippen LogP contribution in [-0.4, -0.2) is 25.5 Å². The van der Waals surface area contributed by atoms with Crippen LogP contribution in [-0.2, 0) is 17.9 Å². The second-order valence-corrected chi connectivity index (χ2v) is 10.0. The number of nitrogens with zero attached hydrogens (tertiary/aromatic N) is 3. The van der Waals surface area contributed by atoms with Gasteiger partial charge in [-0.3, -0.25) is 24.6 Å². The molecule has 1 aromatic heterocycles. The van der Waals surface area contributed by atoms with Crippen LogP contribution in [0.3, 0.4) is 0 Å². The van der Waals surface area contributed by atoms with E-state index in [9.17, 15) is 19.7 Å². The number of nitro benzene ring substituents is 1. The van der Waals surface area contributed by atoms with Gasteiger partial charge < -0.3 is 4.57 Å². The zero-order valence-electron chi connectivity index (χ0n) is 20.1. The van der Waals surface area contributed by atoms with E-state index in [0.717, 1.165) is 33.1 Å². The van der Waals surface area contributed by atoms with Crippen molar-refractivity contribution in [2.75, 3.05) is 0 Å². The molecule has 6 rings (SSSR count). The first-order valence-electron chi connectivity index (χ1n) is 12.0. The number of hydrogen-bond donors (Lipinski definition) is 0. The third kappa shape index (κ3) is 4.25. The Bertz CT molecular complexity index is 1780. The number of nitro groups is 1. The minimum Gasteiger partial charge on any atom is -0.342 e. The number of aromatic nitrogens is 1. The Morgan fingerprint density at radius 1 is 0.789 bits per heavy atom. The number of thioether (sulfide) groups is 1. The maximum Gasteiger partial charge on any atom is 0.293 e. The first kappa shape index (κ1) is 23.7. The zero-order valence-corrected chi connectivity index (χ0v) is 20.9. The van der Waals surface area contributed by atoms with Crippen molar-refractivity contribution in [1.29, 1.82) is 0 Å². The SMILES string of the molecule is O=C1S/C(=C\c2cn(Cc3cccc4ccccc34)c3ccccc23)C(=O)N1Cc1ccccc1[N+](=O)[O-]. The maximum absolute atomic E-state index is 13.2. The van der Waals surface area contributed by atoms with Crippen LogP contribution in [0, 0.1) is 10.1 Å². The van der Waals surface area contributed by atoms with Gasteiger partial charge in [0.2, 0.25) is 0 Å². The van der Waals surface area contributed by atoms with Crippen molar-refractivity contribution in [3.63, 3.8) is 0 Å². The first-order chi connectivity index (χ1) is 18.5. The van der Waals surface area contributed by atoms with Crippen molar-refractivity contribution in [2.45, 2.75) is 13.1 Å². The Morgan fingerprint density at radius 2 is 1.47 bits per heavy atom. The molecule has 1 saturated heterocycles. The summed E-state index contributed by atoms with van der Waals surface area (Å²) in [6, 6.07) is 28.6. The molecule has 1 fully saturated rings. The number of hydrogen-bond acceptors (Lipinski definition) is 5. The first-order valence-corrected chi connectivity index (χ1v) is 12.8. The van der Waals surface area contributed by atoms with E-state index >= 15 is 0 Å². The van der Waals surface area contributed by atoms with Gasteiger partial charge in [0.25, 0.3) is 16.8 Å². The zero-order chi connectivity index (χ0) is 26.2. The molecule has 4 aromatic carbocycles. The van der Waals surface area contributed by atoms with E-state index in [1.54, 1.807) is 24.3 Å². The van der Waals surface area contributed by atoms with Crippen LogP contribution in [0.5, 0.6) is 0 Å². The quantitative estimate of drug-likeness (QED) is 0.137. The molecule has 5 aromatic rings. The number of rotatable bonds is 6. The van der Waals surface area contributed by atoms with Crippen LogP contribution in [0.1, 0.15) is 16.7 Å². The van der Waals surface area contributed by atoms with Crippen molar-refractivity contribution in [1.82, 2.24) is 9.47 Å². The number of carbonyl (C=O) groups is 2. The second kappa shape index (κ2) is 9.64. The lowest BCUT2D eigenvalue weighted by Gasteiger charge is -2.12. The summed E-state index contributed by atoms with van der Waals surface area (Å²) in [5, 5.41) is 14.3. The van der Waals surface area contributed by atoms with Crippen molar-refractivity contribution < 1.29 is 14.5 Å². The molecule has 0 aliphatic carbocycles. The molecule has 2 amide bonds. The highest BCUT2D eigenvalue weighted by molar-refractivity contribution is 8.18. The van der Waals surface area contributed by atoms with Gasteiger partial charge in [0.05, 0.1) is 16.4 Å². The molecule has 0 spiro atoms. The highest BCUT2D eigenvalue weighted by Crippen LogP contribution is 2.36. The highest BCUT2D eigenvalue weighted by atomic mass is 32.2. The molecule has 0 unspecified atom stereocenters. The monoisotopic (exact) mass is 519 g/mol. The molecule has 1 aliphatic rings. The molecular formula is C30H21N3O4S. The van der Waals surface area contributed by atoms with E-state index in [-0.39, 0.29) is 12.2 Å². The van der Waals surface area contributed by atoms with Gasteiger partial charge in [-0.25, -0.2) is 0 Å². The predicted octanol–water partition coefficient (Wildman–Crippen LogP) is 6.99. The predicted molar refractivity (Wildman–Crippen MR) is 150 cm³/mol. The molecule has 1 aliphatic heterocycles. The summed E-state index contributed by atoms with van der Waals surface area (Å²) in [6.45, 7) is 0.497. The summed E-state index contributed by atoms with van der Waals surface area (Å²) in [4.78, 5) is 38.2. The highest BCUT2D eigenvalue weighted by Gasteiger charge is 2.36. The molecule has 186 valence electrons. The fourth-order valence-electron chi connectivity index (χ4n) is 4.91. The van der Waals surface area contributed by atoms with Crippen molar-refractivity contribution in [3.8, 4) is 0 Å². The van der Waals surface area contributed by atoms with E-state index in [0.29, 0.717) is 17.0 Å². The third-order valence-electron chi connectivity index (χ3n) is 6.72. The lowest BCUT2D eigenvalue weighted by molar-refractivity contribution is -0.385. The second-order valence-electron chi connectivity index (χ2n) is 9.02. The molecule has 0 radical (unpaired) electrons. The van der Waals surface area contributed by atoms with Gasteiger partial charge in [-0.1, -0.05) is 78.9 Å². The van der Waals surface area contributed by atoms with Crippen molar-refractivity contribution in [3.05, 3.63) is 129 Å². The third-order valence-corrected chi connectivity index (χ3v) is 7.62. The topological polar surface area (TPSA) is 85.5 Å². The van der Waals surface area contributed by atoms with Gasteiger partial charge in [-0.2, -0.15) is 0 Å². The summed E-state index contributed by atoms with van der Waals surface area (Å²) in [7, 11) is 0. The fraction of sp³-hybridized carbons (Fsp3) is 0.0667. The van der Waals surface area contributed by atoms with E-state index in [1.165, 1.54) is 22.4 Å². The Hall–Kier alpha value is -4.69. The Balaban J connectivity index is 1.34. The molecule has 8 heteroatoms. The van der Waals surface area contributed by atoms with Crippen LogP contribution >= 0.6 is 11.8 Å². The Labute approximate surface area is 222 Å². The molecular weight excluding hydrogens is 498 g/mol. The van der Waals surface area contributed by atoms with Gasteiger partial charge in [-0.15, -0.1) is 0 Å². The summed E-state index contributed by atoms with van der Waals surface area (Å²) < 4.78 is 2.15. The van der Waals surface area contributed by atoms with Gasteiger partial charge in [0, 0.05) is 40.8 Å². The normalized spacial score (nSPS) is 14.7.